The summed E-state index contributed by atoms with van der Waals surface area (Å²) in [5, 5.41) is 3.17. The van der Waals surface area contributed by atoms with Crippen molar-refractivity contribution in [2.75, 3.05) is 6.61 Å². The molecule has 3 N–H and O–H groups in total. The zero-order valence-electron chi connectivity index (χ0n) is 16.6. The maximum absolute atomic E-state index is 12.0. The van der Waals surface area contributed by atoms with Crippen LogP contribution in [0.5, 0.6) is 5.75 Å². The van der Waals surface area contributed by atoms with E-state index in [1.54, 1.807) is 26.8 Å². The van der Waals surface area contributed by atoms with E-state index < -0.39 is 23.6 Å². The highest BCUT2D eigenvalue weighted by atomic mass is 35.5. The molecule has 0 aliphatic heterocycles. The Morgan fingerprint density at radius 3 is 2.64 bits per heavy atom. The Morgan fingerprint density at radius 1 is 1.32 bits per heavy atom. The first kappa shape index (κ1) is 23.8. The maximum atomic E-state index is 12.0. The molecule has 0 heterocycles. The molecule has 0 unspecified atom stereocenters. The summed E-state index contributed by atoms with van der Waals surface area (Å²) in [5.74, 6) is 0.00605. The van der Waals surface area contributed by atoms with Crippen LogP contribution in [0.1, 0.15) is 52.0 Å². The van der Waals surface area contributed by atoms with Crippen LogP contribution in [0, 0.1) is 0 Å². The van der Waals surface area contributed by atoms with Crippen molar-refractivity contribution in [3.8, 4) is 5.75 Å². The number of aryl methyl sites for hydroxylation is 1. The highest BCUT2D eigenvalue weighted by Crippen LogP contribution is 2.29. The lowest BCUT2D eigenvalue weighted by atomic mass is 10.1. The molecule has 0 aliphatic rings. The lowest BCUT2D eigenvalue weighted by Gasteiger charge is -2.24. The van der Waals surface area contributed by atoms with E-state index in [1.807, 2.05) is 12.1 Å². The number of aldehydes is 1. The second-order valence-corrected chi connectivity index (χ2v) is 7.83. The van der Waals surface area contributed by atoms with Crippen molar-refractivity contribution in [2.24, 2.45) is 5.73 Å². The van der Waals surface area contributed by atoms with Gasteiger partial charge in [-0.2, -0.15) is 0 Å². The highest BCUT2D eigenvalue weighted by molar-refractivity contribution is 6.32. The van der Waals surface area contributed by atoms with Gasteiger partial charge >= 0.3 is 6.09 Å². The van der Waals surface area contributed by atoms with E-state index in [0.29, 0.717) is 36.5 Å². The van der Waals surface area contributed by atoms with Crippen molar-refractivity contribution in [3.63, 3.8) is 0 Å². The van der Waals surface area contributed by atoms with E-state index in [0.717, 1.165) is 11.8 Å². The minimum absolute atomic E-state index is 0.100. The molecule has 156 valence electrons. The molecule has 0 saturated heterocycles. The first-order chi connectivity index (χ1) is 13.1. The van der Waals surface area contributed by atoms with Crippen molar-refractivity contribution in [2.45, 2.75) is 64.5 Å². The monoisotopic (exact) mass is 412 g/mol. The summed E-state index contributed by atoms with van der Waals surface area (Å²) in [5.41, 5.74) is 5.46. The van der Waals surface area contributed by atoms with Crippen LogP contribution in [0.3, 0.4) is 0 Å². The van der Waals surface area contributed by atoms with E-state index in [4.69, 9.17) is 26.8 Å². The minimum atomic E-state index is -0.641. The van der Waals surface area contributed by atoms with Crippen LogP contribution >= 0.6 is 11.6 Å². The number of amides is 2. The maximum Gasteiger partial charge on any atom is 0.407 e. The zero-order valence-corrected chi connectivity index (χ0v) is 17.4. The van der Waals surface area contributed by atoms with Gasteiger partial charge in [0.15, 0.2) is 0 Å². The third kappa shape index (κ3) is 9.60. The van der Waals surface area contributed by atoms with Crippen LogP contribution in [-0.4, -0.2) is 36.5 Å². The Morgan fingerprint density at radius 2 is 2.04 bits per heavy atom. The van der Waals surface area contributed by atoms with Gasteiger partial charge in [-0.15, -0.1) is 0 Å². The predicted octanol–water partition coefficient (Wildman–Crippen LogP) is 3.40. The van der Waals surface area contributed by atoms with Crippen LogP contribution in [-0.2, 0) is 20.7 Å². The van der Waals surface area contributed by atoms with E-state index in [2.05, 4.69) is 5.32 Å². The van der Waals surface area contributed by atoms with Gasteiger partial charge in [-0.1, -0.05) is 23.7 Å². The molecule has 28 heavy (non-hydrogen) atoms. The first-order valence-electron chi connectivity index (χ1n) is 9.24. The molecule has 0 fully saturated rings. The SMILES string of the molecule is CC(C)(C)OC(=O)N[C@@H](CCC(N)=O)COc1cccc(CCCC=O)c1Cl. The highest BCUT2D eigenvalue weighted by Gasteiger charge is 2.21. The largest absolute Gasteiger partial charge is 0.490 e. The van der Waals surface area contributed by atoms with Gasteiger partial charge in [0, 0.05) is 12.8 Å². The predicted molar refractivity (Wildman–Crippen MR) is 108 cm³/mol. The number of rotatable bonds is 11. The number of primary amides is 1. The van der Waals surface area contributed by atoms with Gasteiger partial charge in [0.1, 0.15) is 24.2 Å². The summed E-state index contributed by atoms with van der Waals surface area (Å²) in [4.78, 5) is 33.6. The Balaban J connectivity index is 2.75. The summed E-state index contributed by atoms with van der Waals surface area (Å²) in [7, 11) is 0. The van der Waals surface area contributed by atoms with Crippen LogP contribution in [0.2, 0.25) is 5.02 Å². The molecule has 0 aromatic heterocycles. The molecule has 1 aromatic carbocycles. The average molecular weight is 413 g/mol. The number of ether oxygens (including phenoxy) is 2. The van der Waals surface area contributed by atoms with Crippen LogP contribution in [0.4, 0.5) is 4.79 Å². The fourth-order valence-corrected chi connectivity index (χ4v) is 2.69. The van der Waals surface area contributed by atoms with E-state index in [-0.39, 0.29) is 13.0 Å². The number of alkyl carbamates (subject to hydrolysis) is 1. The number of hydrogen-bond acceptors (Lipinski definition) is 5. The fourth-order valence-electron chi connectivity index (χ4n) is 2.41. The standard InChI is InChI=1S/C20H29ClN2O5/c1-20(2,3)28-19(26)23-15(10-11-17(22)25)13-27-16-9-6-8-14(18(16)21)7-4-5-12-24/h6,8-9,12,15H,4-5,7,10-11,13H2,1-3H3,(H2,22,25)(H,23,26)/t15-/m0/s1. The molecular weight excluding hydrogens is 384 g/mol. The normalized spacial score (nSPS) is 12.1. The number of carbonyl (C=O) groups excluding carboxylic acids is 3. The zero-order chi connectivity index (χ0) is 21.2. The van der Waals surface area contributed by atoms with Crippen molar-refractivity contribution >= 4 is 29.9 Å². The Kier molecular flexibility index (Phi) is 9.79. The Hall–Kier alpha value is -2.28. The topological polar surface area (TPSA) is 108 Å². The van der Waals surface area contributed by atoms with Crippen LogP contribution in [0.25, 0.3) is 0 Å². The van der Waals surface area contributed by atoms with Gasteiger partial charge in [0.05, 0.1) is 11.1 Å². The van der Waals surface area contributed by atoms with Gasteiger partial charge in [0.25, 0.3) is 0 Å². The fraction of sp³-hybridized carbons (Fsp3) is 0.550. The molecule has 0 aliphatic carbocycles. The minimum Gasteiger partial charge on any atom is -0.490 e. The van der Waals surface area contributed by atoms with E-state index in [1.165, 1.54) is 0 Å². The number of carbonyl (C=O) groups is 3. The van der Waals surface area contributed by atoms with Gasteiger partial charge < -0.3 is 25.3 Å². The quantitative estimate of drug-likeness (QED) is 0.427. The molecule has 8 heteroatoms. The van der Waals surface area contributed by atoms with Crippen LogP contribution < -0.4 is 15.8 Å². The number of nitrogens with one attached hydrogen (secondary N) is 1. The molecule has 1 aromatic rings. The Bertz CT molecular complexity index is 673. The molecule has 0 saturated carbocycles. The van der Waals surface area contributed by atoms with Crippen LogP contribution in [0.15, 0.2) is 18.2 Å². The van der Waals surface area contributed by atoms with Crippen molar-refractivity contribution in [1.29, 1.82) is 0 Å². The second-order valence-electron chi connectivity index (χ2n) is 7.45. The average Bonchev–Trinajstić information content (AvgIpc) is 2.58. The summed E-state index contributed by atoms with van der Waals surface area (Å²) >= 11 is 6.39. The molecule has 0 bridgehead atoms. The molecule has 0 radical (unpaired) electrons. The smallest absolute Gasteiger partial charge is 0.407 e. The van der Waals surface area contributed by atoms with Gasteiger partial charge in [-0.05, 0) is 51.7 Å². The number of nitrogens with two attached hydrogens (primary N) is 1. The lowest BCUT2D eigenvalue weighted by Crippen LogP contribution is -2.42. The number of benzene rings is 1. The molecule has 7 nitrogen and oxygen atoms in total. The summed E-state index contributed by atoms with van der Waals surface area (Å²) < 4.78 is 11.0. The summed E-state index contributed by atoms with van der Waals surface area (Å²) in [6, 6.07) is 4.95. The summed E-state index contributed by atoms with van der Waals surface area (Å²) in [6.07, 6.45) is 2.52. The number of unbranched alkanes of at least 4 members (excludes halogenated alkanes) is 1. The third-order valence-corrected chi connectivity index (χ3v) is 4.14. The first-order valence-corrected chi connectivity index (χ1v) is 9.62. The van der Waals surface area contributed by atoms with E-state index >= 15 is 0 Å². The molecular formula is C20H29ClN2O5. The van der Waals surface area contributed by atoms with Crippen molar-refractivity contribution in [3.05, 3.63) is 28.8 Å². The van der Waals surface area contributed by atoms with E-state index in [9.17, 15) is 14.4 Å². The van der Waals surface area contributed by atoms with Crippen molar-refractivity contribution in [1.82, 2.24) is 5.32 Å². The molecule has 0 spiro atoms. The molecule has 2 amide bonds. The van der Waals surface area contributed by atoms with Gasteiger partial charge in [-0.25, -0.2) is 4.79 Å². The number of hydrogen-bond donors (Lipinski definition) is 2. The second kappa shape index (κ2) is 11.5. The Labute approximate surface area is 170 Å². The van der Waals surface area contributed by atoms with Gasteiger partial charge in [-0.3, -0.25) is 4.79 Å². The summed E-state index contributed by atoms with van der Waals surface area (Å²) in [6.45, 7) is 5.39. The molecule has 1 rings (SSSR count). The lowest BCUT2D eigenvalue weighted by molar-refractivity contribution is -0.118. The third-order valence-electron chi connectivity index (χ3n) is 3.71. The van der Waals surface area contributed by atoms with Gasteiger partial charge in [0.2, 0.25) is 5.91 Å². The van der Waals surface area contributed by atoms with Crippen molar-refractivity contribution < 1.29 is 23.9 Å². The molecule has 1 atom stereocenters. The number of halogens is 1.